The Morgan fingerprint density at radius 1 is 1.38 bits per heavy atom. The van der Waals surface area contributed by atoms with E-state index in [0.29, 0.717) is 6.04 Å². The van der Waals surface area contributed by atoms with E-state index in [1.54, 1.807) is 0 Å². The molecule has 1 fully saturated rings. The first-order valence-corrected chi connectivity index (χ1v) is 7.69. The minimum Gasteiger partial charge on any atom is -0.366 e. The van der Waals surface area contributed by atoms with E-state index >= 15 is 0 Å². The summed E-state index contributed by atoms with van der Waals surface area (Å²) in [6, 6.07) is 9.08. The summed E-state index contributed by atoms with van der Waals surface area (Å²) in [4.78, 5) is 14.0. The van der Waals surface area contributed by atoms with E-state index < -0.39 is 6.10 Å². The molecule has 2 heterocycles. The third-order valence-electron chi connectivity index (χ3n) is 4.61. The zero-order valence-corrected chi connectivity index (χ0v) is 12.4. The maximum atomic E-state index is 11.5. The van der Waals surface area contributed by atoms with E-state index in [4.69, 9.17) is 10.6 Å². The summed E-state index contributed by atoms with van der Waals surface area (Å²) in [5.41, 5.74) is 4.90. The van der Waals surface area contributed by atoms with Crippen molar-refractivity contribution in [3.05, 3.63) is 29.8 Å². The molecule has 2 aliphatic rings. The number of nitrogens with zero attached hydrogens (tertiary/aromatic N) is 1. The molecule has 0 bridgehead atoms. The summed E-state index contributed by atoms with van der Waals surface area (Å²) in [5, 5.41) is 0. The number of hydrogen-bond acceptors (Lipinski definition) is 4. The maximum Gasteiger partial charge on any atom is 0.263 e. The second-order valence-corrected chi connectivity index (χ2v) is 6.00. The third kappa shape index (κ3) is 2.89. The van der Waals surface area contributed by atoms with E-state index in [9.17, 15) is 4.79 Å². The van der Waals surface area contributed by atoms with Gasteiger partial charge in [0.2, 0.25) is 0 Å². The highest BCUT2D eigenvalue weighted by Gasteiger charge is 2.33. The van der Waals surface area contributed by atoms with Crippen LogP contribution >= 0.6 is 0 Å². The summed E-state index contributed by atoms with van der Waals surface area (Å²) >= 11 is 0. The fourth-order valence-corrected chi connectivity index (χ4v) is 3.38. The molecule has 0 aromatic heterocycles. The number of carbonyl (C=O) groups excluding carboxylic acids is 1. The number of benzene rings is 1. The summed E-state index contributed by atoms with van der Waals surface area (Å²) < 4.78 is 5.85. The Labute approximate surface area is 125 Å². The molecular weight excluding hydrogens is 266 g/mol. The lowest BCUT2D eigenvalue weighted by Gasteiger charge is -2.38. The molecule has 2 aliphatic heterocycles. The second kappa shape index (κ2) is 6.03. The van der Waals surface area contributed by atoms with Gasteiger partial charge < -0.3 is 9.64 Å². The van der Waals surface area contributed by atoms with E-state index in [-0.39, 0.29) is 12.0 Å². The molecule has 0 radical (unpaired) electrons. The molecule has 1 aromatic rings. The number of nitrogens with two attached hydrogens (primary N) is 1. The molecule has 3 N–H and O–H groups in total. The van der Waals surface area contributed by atoms with E-state index in [1.807, 2.05) is 0 Å². The normalized spacial score (nSPS) is 28.3. The molecule has 0 aliphatic carbocycles. The standard InChI is InChI=1S/C16H23N3O2/c1-11-6-7-12-4-2-3-5-14(12)19(11)10-13-8-9-15(21-13)16(20)18-17/h2-5,11,13,15H,6-10,17H2,1H3,(H,18,20). The number of para-hydroxylation sites is 1. The second-order valence-electron chi connectivity index (χ2n) is 6.00. The number of amides is 1. The molecule has 1 amide bonds. The number of hydrazine groups is 1. The summed E-state index contributed by atoms with van der Waals surface area (Å²) in [7, 11) is 0. The molecule has 5 nitrogen and oxygen atoms in total. The lowest BCUT2D eigenvalue weighted by molar-refractivity contribution is -0.131. The van der Waals surface area contributed by atoms with Gasteiger partial charge in [-0.1, -0.05) is 18.2 Å². The molecule has 21 heavy (non-hydrogen) atoms. The van der Waals surface area contributed by atoms with Gasteiger partial charge in [0.05, 0.1) is 6.10 Å². The van der Waals surface area contributed by atoms with Crippen LogP contribution in [0.2, 0.25) is 0 Å². The molecule has 0 saturated carbocycles. The average Bonchev–Trinajstić information content (AvgIpc) is 2.98. The van der Waals surface area contributed by atoms with Crippen molar-refractivity contribution in [1.82, 2.24) is 5.43 Å². The zero-order chi connectivity index (χ0) is 14.8. The van der Waals surface area contributed by atoms with Gasteiger partial charge in [-0.25, -0.2) is 5.84 Å². The summed E-state index contributed by atoms with van der Waals surface area (Å²) in [6.07, 6.45) is 3.66. The zero-order valence-electron chi connectivity index (χ0n) is 12.4. The molecule has 1 aromatic carbocycles. The number of nitrogens with one attached hydrogen (secondary N) is 1. The minimum absolute atomic E-state index is 0.0981. The van der Waals surface area contributed by atoms with Gasteiger partial charge in [0.1, 0.15) is 6.10 Å². The number of fused-ring (bicyclic) bond motifs is 1. The Morgan fingerprint density at radius 3 is 3.00 bits per heavy atom. The van der Waals surface area contributed by atoms with Crippen molar-refractivity contribution in [1.29, 1.82) is 0 Å². The van der Waals surface area contributed by atoms with Crippen LogP contribution < -0.4 is 16.2 Å². The van der Waals surface area contributed by atoms with Crippen molar-refractivity contribution in [2.24, 2.45) is 5.84 Å². The van der Waals surface area contributed by atoms with Crippen LogP contribution in [0.4, 0.5) is 5.69 Å². The highest BCUT2D eigenvalue weighted by atomic mass is 16.5. The minimum atomic E-state index is -0.393. The SMILES string of the molecule is CC1CCc2ccccc2N1CC1CCC(C(=O)NN)O1. The number of aryl methyl sites for hydroxylation is 1. The Morgan fingerprint density at radius 2 is 2.19 bits per heavy atom. The first-order valence-electron chi connectivity index (χ1n) is 7.69. The van der Waals surface area contributed by atoms with Crippen molar-refractivity contribution >= 4 is 11.6 Å². The quantitative estimate of drug-likeness (QED) is 0.501. The fraction of sp³-hybridized carbons (Fsp3) is 0.562. The van der Waals surface area contributed by atoms with Crippen LogP contribution in [-0.4, -0.2) is 30.7 Å². The number of rotatable bonds is 3. The van der Waals surface area contributed by atoms with E-state index in [1.165, 1.54) is 11.3 Å². The first kappa shape index (κ1) is 14.4. The van der Waals surface area contributed by atoms with Crippen molar-refractivity contribution in [2.45, 2.75) is 50.9 Å². The number of carbonyl (C=O) groups is 1. The Balaban J connectivity index is 1.69. The predicted octanol–water partition coefficient (Wildman–Crippen LogP) is 1.37. The van der Waals surface area contributed by atoms with Gasteiger partial charge in [0, 0.05) is 18.3 Å². The van der Waals surface area contributed by atoms with Gasteiger partial charge in [0.15, 0.2) is 0 Å². The largest absolute Gasteiger partial charge is 0.366 e. The van der Waals surface area contributed by atoms with Crippen LogP contribution in [0.1, 0.15) is 31.7 Å². The highest BCUT2D eigenvalue weighted by molar-refractivity contribution is 5.80. The van der Waals surface area contributed by atoms with Crippen LogP contribution in [0.25, 0.3) is 0 Å². The Bertz CT molecular complexity index is 520. The van der Waals surface area contributed by atoms with E-state index in [2.05, 4.69) is 41.5 Å². The third-order valence-corrected chi connectivity index (χ3v) is 4.61. The molecule has 0 spiro atoms. The van der Waals surface area contributed by atoms with Gasteiger partial charge in [-0.05, 0) is 44.2 Å². The highest BCUT2D eigenvalue weighted by Crippen LogP contribution is 2.32. The van der Waals surface area contributed by atoms with Gasteiger partial charge in [-0.2, -0.15) is 0 Å². The van der Waals surface area contributed by atoms with Gasteiger partial charge >= 0.3 is 0 Å². The number of hydrogen-bond donors (Lipinski definition) is 2. The summed E-state index contributed by atoms with van der Waals surface area (Å²) in [5.74, 6) is 4.96. The van der Waals surface area contributed by atoms with Gasteiger partial charge in [-0.3, -0.25) is 10.2 Å². The van der Waals surface area contributed by atoms with Crippen molar-refractivity contribution < 1.29 is 9.53 Å². The molecule has 3 unspecified atom stereocenters. The smallest absolute Gasteiger partial charge is 0.263 e. The molecule has 5 heteroatoms. The summed E-state index contributed by atoms with van der Waals surface area (Å²) in [6.45, 7) is 3.10. The van der Waals surface area contributed by atoms with Crippen LogP contribution in [-0.2, 0) is 16.0 Å². The fourth-order valence-electron chi connectivity index (χ4n) is 3.38. The number of ether oxygens (including phenoxy) is 1. The Kier molecular flexibility index (Phi) is 4.12. The van der Waals surface area contributed by atoms with Crippen molar-refractivity contribution in [2.75, 3.05) is 11.4 Å². The van der Waals surface area contributed by atoms with Crippen LogP contribution in [0.15, 0.2) is 24.3 Å². The lowest BCUT2D eigenvalue weighted by atomic mass is 9.96. The average molecular weight is 289 g/mol. The van der Waals surface area contributed by atoms with Crippen LogP contribution in [0.5, 0.6) is 0 Å². The molecular formula is C16H23N3O2. The van der Waals surface area contributed by atoms with E-state index in [0.717, 1.165) is 32.2 Å². The Hall–Kier alpha value is -1.59. The van der Waals surface area contributed by atoms with Crippen molar-refractivity contribution in [3.63, 3.8) is 0 Å². The van der Waals surface area contributed by atoms with Crippen LogP contribution in [0.3, 0.4) is 0 Å². The van der Waals surface area contributed by atoms with Crippen molar-refractivity contribution in [3.8, 4) is 0 Å². The van der Waals surface area contributed by atoms with Gasteiger partial charge in [-0.15, -0.1) is 0 Å². The predicted molar refractivity (Wildman–Crippen MR) is 81.8 cm³/mol. The van der Waals surface area contributed by atoms with Gasteiger partial charge in [0.25, 0.3) is 5.91 Å². The molecule has 3 rings (SSSR count). The monoisotopic (exact) mass is 289 g/mol. The first-order chi connectivity index (χ1) is 10.2. The lowest BCUT2D eigenvalue weighted by Crippen LogP contribution is -2.43. The molecule has 114 valence electrons. The topological polar surface area (TPSA) is 67.6 Å². The molecule has 1 saturated heterocycles. The van der Waals surface area contributed by atoms with Crippen LogP contribution in [0, 0.1) is 0 Å². The molecule has 3 atom stereocenters. The number of anilines is 1. The maximum absolute atomic E-state index is 11.5.